The second-order valence-corrected chi connectivity index (χ2v) is 5.85. The van der Waals surface area contributed by atoms with Crippen molar-refractivity contribution in [1.82, 2.24) is 9.78 Å². The third kappa shape index (κ3) is 5.89. The number of ether oxygens (including phenoxy) is 2. The Labute approximate surface area is 164 Å². The van der Waals surface area contributed by atoms with Crippen LogP contribution in [0, 0.1) is 0 Å². The Kier molecular flexibility index (Phi) is 5.91. The second-order valence-electron chi connectivity index (χ2n) is 5.85. The third-order valence-corrected chi connectivity index (χ3v) is 3.75. The first-order chi connectivity index (χ1) is 13.8. The molecule has 1 aromatic heterocycles. The quantitative estimate of drug-likeness (QED) is 0.482. The van der Waals surface area contributed by atoms with Crippen LogP contribution in [0.3, 0.4) is 0 Å². The summed E-state index contributed by atoms with van der Waals surface area (Å²) in [5, 5.41) is 7.22. The highest BCUT2D eigenvalue weighted by atomic mass is 19.4. The number of alkyl halides is 3. The predicted molar refractivity (Wildman–Crippen MR) is 102 cm³/mol. The minimum atomic E-state index is -4.73. The van der Waals surface area contributed by atoms with Gasteiger partial charge in [0.15, 0.2) is 5.96 Å². The van der Waals surface area contributed by atoms with Crippen molar-refractivity contribution in [3.05, 3.63) is 66.5 Å². The first-order valence-electron chi connectivity index (χ1n) is 8.44. The van der Waals surface area contributed by atoms with E-state index >= 15 is 0 Å². The number of hydrogen-bond donors (Lipinski definition) is 2. The molecule has 1 heterocycles. The molecule has 0 fully saturated rings. The van der Waals surface area contributed by atoms with Gasteiger partial charge in [-0.3, -0.25) is 0 Å². The number of nitrogens with two attached hydrogens (primary N) is 1. The fraction of sp³-hybridized carbons (Fsp3) is 0.158. The lowest BCUT2D eigenvalue weighted by molar-refractivity contribution is -0.274. The van der Waals surface area contributed by atoms with Crippen LogP contribution in [0.5, 0.6) is 11.5 Å². The van der Waals surface area contributed by atoms with Gasteiger partial charge in [-0.1, -0.05) is 0 Å². The third-order valence-electron chi connectivity index (χ3n) is 3.75. The highest BCUT2D eigenvalue weighted by Gasteiger charge is 2.30. The van der Waals surface area contributed by atoms with Crippen LogP contribution in [0.1, 0.15) is 5.69 Å². The van der Waals surface area contributed by atoms with Crippen LogP contribution in [-0.4, -0.2) is 29.2 Å². The van der Waals surface area contributed by atoms with E-state index in [0.717, 1.165) is 11.4 Å². The first kappa shape index (κ1) is 20.1. The number of nitrogens with zero attached hydrogens (tertiary/aromatic N) is 3. The smallest absolute Gasteiger partial charge is 0.497 e. The lowest BCUT2D eigenvalue weighted by Crippen LogP contribution is -2.22. The Morgan fingerprint density at radius 3 is 2.34 bits per heavy atom. The van der Waals surface area contributed by atoms with Gasteiger partial charge in [-0.2, -0.15) is 5.10 Å². The zero-order valence-corrected chi connectivity index (χ0v) is 15.3. The molecule has 7 nitrogen and oxygen atoms in total. The molecule has 0 bridgehead atoms. The summed E-state index contributed by atoms with van der Waals surface area (Å²) in [6.07, 6.45) is -2.93. The average molecular weight is 405 g/mol. The molecule has 0 saturated carbocycles. The molecule has 2 aromatic carbocycles. The molecule has 0 aliphatic heterocycles. The Morgan fingerprint density at radius 1 is 1.07 bits per heavy atom. The largest absolute Gasteiger partial charge is 0.573 e. The molecule has 3 aromatic rings. The van der Waals surface area contributed by atoms with Crippen LogP contribution in [0.15, 0.2) is 65.8 Å². The van der Waals surface area contributed by atoms with E-state index in [0.29, 0.717) is 11.4 Å². The molecule has 0 radical (unpaired) electrons. The number of aromatic nitrogens is 2. The van der Waals surface area contributed by atoms with Crippen molar-refractivity contribution in [2.45, 2.75) is 12.9 Å². The van der Waals surface area contributed by atoms with Gasteiger partial charge in [0.2, 0.25) is 0 Å². The average Bonchev–Trinajstić information content (AvgIpc) is 3.16. The molecule has 0 spiro atoms. The minimum Gasteiger partial charge on any atom is -0.497 e. The van der Waals surface area contributed by atoms with Crippen LogP contribution in [0.25, 0.3) is 5.69 Å². The number of rotatable bonds is 6. The maximum atomic E-state index is 12.2. The molecule has 0 saturated heterocycles. The van der Waals surface area contributed by atoms with Gasteiger partial charge >= 0.3 is 6.36 Å². The second kappa shape index (κ2) is 8.55. The number of benzene rings is 2. The maximum Gasteiger partial charge on any atom is 0.573 e. The number of halogens is 3. The molecule has 0 aliphatic rings. The van der Waals surface area contributed by atoms with Crippen molar-refractivity contribution in [1.29, 1.82) is 0 Å². The molecule has 3 rings (SSSR count). The van der Waals surface area contributed by atoms with Crippen molar-refractivity contribution < 1.29 is 22.6 Å². The van der Waals surface area contributed by atoms with Gasteiger partial charge < -0.3 is 20.5 Å². The number of nitrogens with one attached hydrogen (secondary N) is 1. The zero-order chi connectivity index (χ0) is 20.9. The molecule has 29 heavy (non-hydrogen) atoms. The summed E-state index contributed by atoms with van der Waals surface area (Å²) in [7, 11) is 1.60. The van der Waals surface area contributed by atoms with Crippen LogP contribution in [0.2, 0.25) is 0 Å². The number of aliphatic imine (C=N–C) groups is 1. The fourth-order valence-corrected chi connectivity index (χ4v) is 2.42. The normalized spacial score (nSPS) is 11.9. The number of methoxy groups -OCH3 is 1. The van der Waals surface area contributed by atoms with Crippen molar-refractivity contribution in [2.24, 2.45) is 10.7 Å². The summed E-state index contributed by atoms with van der Waals surface area (Å²) >= 11 is 0. The molecule has 0 atom stereocenters. The Hall–Kier alpha value is -3.69. The zero-order valence-electron chi connectivity index (χ0n) is 15.3. The van der Waals surface area contributed by atoms with E-state index < -0.39 is 6.36 Å². The van der Waals surface area contributed by atoms with Crippen molar-refractivity contribution in [3.63, 3.8) is 0 Å². The van der Waals surface area contributed by atoms with E-state index in [1.54, 1.807) is 18.0 Å². The highest BCUT2D eigenvalue weighted by Crippen LogP contribution is 2.23. The molecule has 10 heteroatoms. The van der Waals surface area contributed by atoms with E-state index in [9.17, 15) is 13.2 Å². The number of hydrogen-bond acceptors (Lipinski definition) is 4. The molecule has 152 valence electrons. The van der Waals surface area contributed by atoms with Crippen molar-refractivity contribution >= 4 is 11.6 Å². The van der Waals surface area contributed by atoms with E-state index in [1.165, 1.54) is 24.3 Å². The van der Waals surface area contributed by atoms with Crippen molar-refractivity contribution in [2.75, 3.05) is 12.4 Å². The summed E-state index contributed by atoms with van der Waals surface area (Å²) in [6.45, 7) is 0.233. The molecule has 3 N–H and O–H groups in total. The lowest BCUT2D eigenvalue weighted by Gasteiger charge is -2.10. The fourth-order valence-electron chi connectivity index (χ4n) is 2.42. The van der Waals surface area contributed by atoms with Crippen molar-refractivity contribution in [3.8, 4) is 17.2 Å². The van der Waals surface area contributed by atoms with Crippen LogP contribution in [-0.2, 0) is 6.54 Å². The van der Waals surface area contributed by atoms with Gasteiger partial charge in [0, 0.05) is 11.9 Å². The predicted octanol–water partition coefficient (Wildman–Crippen LogP) is 3.71. The molecular weight excluding hydrogens is 387 g/mol. The lowest BCUT2D eigenvalue weighted by atomic mass is 10.3. The van der Waals surface area contributed by atoms with Gasteiger partial charge in [-0.15, -0.1) is 13.2 Å². The van der Waals surface area contributed by atoms with Crippen LogP contribution in [0.4, 0.5) is 18.9 Å². The molecule has 0 aliphatic carbocycles. The van der Waals surface area contributed by atoms with Gasteiger partial charge in [0.05, 0.1) is 25.0 Å². The van der Waals surface area contributed by atoms with Gasteiger partial charge in [0.25, 0.3) is 0 Å². The SMILES string of the molecule is COc1ccc(-n2ccc(CN=C(N)Nc3ccc(OC(F)(F)F)cc3)n2)cc1. The van der Waals surface area contributed by atoms with E-state index in [-0.39, 0.29) is 18.3 Å². The summed E-state index contributed by atoms with van der Waals surface area (Å²) in [6, 6.07) is 14.4. The van der Waals surface area contributed by atoms with Crippen LogP contribution < -0.4 is 20.5 Å². The van der Waals surface area contributed by atoms with Gasteiger partial charge in [0.1, 0.15) is 11.5 Å². The maximum absolute atomic E-state index is 12.2. The van der Waals surface area contributed by atoms with E-state index in [1.807, 2.05) is 30.3 Å². The number of guanidine groups is 1. The Bertz CT molecular complexity index is 967. The van der Waals surface area contributed by atoms with Gasteiger partial charge in [-0.25, -0.2) is 9.67 Å². The van der Waals surface area contributed by atoms with E-state index in [2.05, 4.69) is 20.1 Å². The summed E-state index contributed by atoms with van der Waals surface area (Å²) in [5.74, 6) is 0.540. The summed E-state index contributed by atoms with van der Waals surface area (Å²) in [5.41, 5.74) is 7.86. The number of anilines is 1. The monoisotopic (exact) mass is 405 g/mol. The Balaban J connectivity index is 1.58. The summed E-state index contributed by atoms with van der Waals surface area (Å²) < 4.78 is 47.1. The minimum absolute atomic E-state index is 0.105. The summed E-state index contributed by atoms with van der Waals surface area (Å²) in [4.78, 5) is 4.18. The topological polar surface area (TPSA) is 86.7 Å². The molecule has 0 amide bonds. The highest BCUT2D eigenvalue weighted by molar-refractivity contribution is 5.92. The first-order valence-corrected chi connectivity index (χ1v) is 8.44. The standard InChI is InChI=1S/C19H18F3N5O2/c1-28-16-8-4-15(5-9-16)27-11-10-14(26-27)12-24-18(23)25-13-2-6-17(7-3-13)29-19(20,21)22/h2-11H,12H2,1H3,(H3,23,24,25). The Morgan fingerprint density at radius 2 is 1.72 bits per heavy atom. The molecule has 0 unspecified atom stereocenters. The molecular formula is C19H18F3N5O2. The van der Waals surface area contributed by atoms with E-state index in [4.69, 9.17) is 10.5 Å². The van der Waals surface area contributed by atoms with Gasteiger partial charge in [-0.05, 0) is 54.6 Å². The van der Waals surface area contributed by atoms with Crippen LogP contribution >= 0.6 is 0 Å².